The van der Waals surface area contributed by atoms with Gasteiger partial charge < -0.3 is 24.3 Å². The topological polar surface area (TPSA) is 101 Å². The van der Waals surface area contributed by atoms with E-state index in [9.17, 15) is 5.11 Å². The Hall–Kier alpha value is 0.0300. The highest BCUT2D eigenvalue weighted by atomic mass is 31.2. The van der Waals surface area contributed by atoms with E-state index in [0.717, 1.165) is 17.1 Å². The van der Waals surface area contributed by atoms with Crippen LogP contribution in [-0.2, 0) is 4.57 Å². The molecule has 0 amide bonds. The Morgan fingerprint density at radius 1 is 0.815 bits per heavy atom. The molecule has 0 saturated carbocycles. The average molecular weight is 412 g/mol. The van der Waals surface area contributed by atoms with Crippen molar-refractivity contribution in [2.45, 2.75) is 103 Å². The number of rotatable bonds is 16. The third-order valence-corrected chi connectivity index (χ3v) is 5.18. The molecule has 27 heavy (non-hydrogen) atoms. The first kappa shape index (κ1) is 29.2. The zero-order valence-corrected chi connectivity index (χ0v) is 19.1. The van der Waals surface area contributed by atoms with Gasteiger partial charge in [-0.05, 0) is 19.3 Å². The van der Waals surface area contributed by atoms with Crippen LogP contribution in [-0.4, -0.2) is 52.7 Å². The minimum atomic E-state index is -4.89. The van der Waals surface area contributed by atoms with Crippen molar-refractivity contribution in [1.82, 2.24) is 0 Å². The minimum Gasteiger partial charge on any atom is -0.756 e. The van der Waals surface area contributed by atoms with Crippen LogP contribution < -0.4 is 4.89 Å². The number of hydrogen-bond acceptors (Lipinski definition) is 3. The molecule has 0 aliphatic heterocycles. The SMILES string of the molecule is CCCCCCCCCCCCC(CCC)[N+](C)(C)CCO.O=P([O-])(O)O. The summed E-state index contributed by atoms with van der Waals surface area (Å²) in [5.41, 5.74) is 0. The fourth-order valence-electron chi connectivity index (χ4n) is 3.48. The monoisotopic (exact) mass is 411 g/mol. The van der Waals surface area contributed by atoms with Crippen LogP contribution in [0.3, 0.4) is 0 Å². The summed E-state index contributed by atoms with van der Waals surface area (Å²) >= 11 is 0. The first-order valence-electron chi connectivity index (χ1n) is 10.8. The molecule has 0 aromatic heterocycles. The van der Waals surface area contributed by atoms with Crippen LogP contribution in [0.1, 0.15) is 97.3 Å². The van der Waals surface area contributed by atoms with Crippen molar-refractivity contribution < 1.29 is 28.8 Å². The molecule has 0 aliphatic rings. The van der Waals surface area contributed by atoms with Gasteiger partial charge >= 0.3 is 0 Å². The molecule has 166 valence electrons. The summed E-state index contributed by atoms with van der Waals surface area (Å²) in [5, 5.41) is 9.25. The summed E-state index contributed by atoms with van der Waals surface area (Å²) < 4.78 is 9.76. The summed E-state index contributed by atoms with van der Waals surface area (Å²) in [5.74, 6) is 0. The lowest BCUT2D eigenvalue weighted by Gasteiger charge is -2.38. The zero-order chi connectivity index (χ0) is 21.2. The van der Waals surface area contributed by atoms with E-state index in [2.05, 4.69) is 27.9 Å². The number of aliphatic hydroxyl groups excluding tert-OH is 1. The van der Waals surface area contributed by atoms with E-state index in [1.54, 1.807) is 0 Å². The van der Waals surface area contributed by atoms with E-state index in [4.69, 9.17) is 19.2 Å². The average Bonchev–Trinajstić information content (AvgIpc) is 2.54. The maximum absolute atomic E-state index is 9.25. The molecule has 0 rings (SSSR count). The van der Waals surface area contributed by atoms with Gasteiger partial charge in [0.05, 0.1) is 26.7 Å². The third kappa shape index (κ3) is 24.0. The molecule has 1 unspecified atom stereocenters. The van der Waals surface area contributed by atoms with E-state index in [1.165, 1.54) is 83.5 Å². The Morgan fingerprint density at radius 2 is 1.22 bits per heavy atom. The lowest BCUT2D eigenvalue weighted by atomic mass is 9.99. The molecule has 0 bridgehead atoms. The van der Waals surface area contributed by atoms with Crippen LogP contribution in [0.5, 0.6) is 0 Å². The summed E-state index contributed by atoms with van der Waals surface area (Å²) in [6.07, 6.45) is 18.0. The molecule has 7 heteroatoms. The van der Waals surface area contributed by atoms with Crippen LogP contribution in [0.25, 0.3) is 0 Å². The number of phosphoric acid groups is 1. The van der Waals surface area contributed by atoms with Crippen LogP contribution in [0, 0.1) is 0 Å². The molecular weight excluding hydrogens is 365 g/mol. The Kier molecular flexibility index (Phi) is 19.6. The Balaban J connectivity index is 0. The first-order valence-corrected chi connectivity index (χ1v) is 12.3. The highest BCUT2D eigenvalue weighted by molar-refractivity contribution is 7.43. The maximum atomic E-state index is 9.25. The summed E-state index contributed by atoms with van der Waals surface area (Å²) in [4.78, 5) is 22.9. The fraction of sp³-hybridized carbons (Fsp3) is 1.00. The lowest BCUT2D eigenvalue weighted by molar-refractivity contribution is -0.916. The summed E-state index contributed by atoms with van der Waals surface area (Å²) in [7, 11) is -0.320. The third-order valence-electron chi connectivity index (χ3n) is 5.18. The number of hydrogen-bond donors (Lipinski definition) is 3. The molecule has 0 heterocycles. The van der Waals surface area contributed by atoms with Crippen LogP contribution >= 0.6 is 7.82 Å². The number of nitrogens with zero attached hydrogens (tertiary/aromatic N) is 1. The predicted octanol–water partition coefficient (Wildman–Crippen LogP) is 3.97. The molecule has 0 saturated heterocycles. The van der Waals surface area contributed by atoms with Gasteiger partial charge in [0.1, 0.15) is 6.54 Å². The van der Waals surface area contributed by atoms with Gasteiger partial charge in [0.15, 0.2) is 0 Å². The van der Waals surface area contributed by atoms with Crippen molar-refractivity contribution in [2.24, 2.45) is 0 Å². The zero-order valence-electron chi connectivity index (χ0n) is 18.2. The van der Waals surface area contributed by atoms with E-state index in [1.807, 2.05) is 0 Å². The van der Waals surface area contributed by atoms with Crippen molar-refractivity contribution in [3.05, 3.63) is 0 Å². The fourth-order valence-corrected chi connectivity index (χ4v) is 3.48. The quantitative estimate of drug-likeness (QED) is 0.203. The minimum absolute atomic E-state index is 0.311. The first-order chi connectivity index (χ1) is 12.6. The van der Waals surface area contributed by atoms with Crippen molar-refractivity contribution in [2.75, 3.05) is 27.2 Å². The number of likely N-dealkylation sites (N-methyl/N-ethyl adjacent to an activating group) is 1. The van der Waals surface area contributed by atoms with Gasteiger partial charge in [0.25, 0.3) is 7.82 Å². The van der Waals surface area contributed by atoms with E-state index >= 15 is 0 Å². The molecule has 0 aromatic carbocycles. The van der Waals surface area contributed by atoms with Crippen molar-refractivity contribution >= 4 is 7.82 Å². The van der Waals surface area contributed by atoms with Gasteiger partial charge in [0, 0.05) is 0 Å². The molecule has 3 N–H and O–H groups in total. The second-order valence-corrected chi connectivity index (χ2v) is 9.11. The number of aliphatic hydroxyl groups is 1. The molecule has 0 fully saturated rings. The van der Waals surface area contributed by atoms with Gasteiger partial charge in [-0.15, -0.1) is 0 Å². The second kappa shape index (κ2) is 18.1. The summed E-state index contributed by atoms with van der Waals surface area (Å²) in [6.45, 7) is 5.77. The smallest absolute Gasteiger partial charge is 0.262 e. The highest BCUT2D eigenvalue weighted by Gasteiger charge is 2.26. The molecular formula is C20H46NO5P. The highest BCUT2D eigenvalue weighted by Crippen LogP contribution is 2.20. The number of quaternary nitrogens is 1. The van der Waals surface area contributed by atoms with Crippen LogP contribution in [0.2, 0.25) is 0 Å². The van der Waals surface area contributed by atoms with Crippen molar-refractivity contribution in [1.29, 1.82) is 0 Å². The van der Waals surface area contributed by atoms with Crippen LogP contribution in [0.15, 0.2) is 0 Å². The second-order valence-electron chi connectivity index (χ2n) is 8.13. The molecule has 0 radical (unpaired) electrons. The largest absolute Gasteiger partial charge is 0.756 e. The van der Waals surface area contributed by atoms with E-state index < -0.39 is 7.82 Å². The summed E-state index contributed by atoms with van der Waals surface area (Å²) in [6, 6.07) is 0.728. The molecule has 0 aromatic rings. The van der Waals surface area contributed by atoms with Crippen LogP contribution in [0.4, 0.5) is 0 Å². The molecule has 0 aliphatic carbocycles. The van der Waals surface area contributed by atoms with Gasteiger partial charge in [-0.25, -0.2) is 0 Å². The predicted molar refractivity (Wildman–Crippen MR) is 111 cm³/mol. The van der Waals surface area contributed by atoms with E-state index in [-0.39, 0.29) is 0 Å². The Morgan fingerprint density at radius 3 is 1.59 bits per heavy atom. The lowest BCUT2D eigenvalue weighted by Crippen LogP contribution is -2.50. The van der Waals surface area contributed by atoms with Gasteiger partial charge in [-0.1, -0.05) is 78.1 Å². The standard InChI is InChI=1S/C20H44NO.H3O4P/c1-5-7-8-9-10-11-12-13-14-15-17-20(16-6-2)21(3,4)18-19-22;1-5(2,3)4/h20,22H,5-19H2,1-4H3;(H3,1,2,3,4)/q+1;/p-1. The molecule has 6 nitrogen and oxygen atoms in total. The van der Waals surface area contributed by atoms with Gasteiger partial charge in [0.2, 0.25) is 0 Å². The Bertz CT molecular complexity index is 352. The van der Waals surface area contributed by atoms with Gasteiger partial charge in [-0.2, -0.15) is 0 Å². The number of unbranched alkanes of at least 4 members (excludes halogenated alkanes) is 9. The Labute approximate surface area is 167 Å². The van der Waals surface area contributed by atoms with Gasteiger partial charge in [-0.3, -0.25) is 4.57 Å². The molecule has 0 spiro atoms. The normalized spacial score (nSPS) is 13.2. The van der Waals surface area contributed by atoms with E-state index in [0.29, 0.717) is 6.61 Å². The maximum Gasteiger partial charge on any atom is 0.262 e. The van der Waals surface area contributed by atoms with Crippen molar-refractivity contribution in [3.8, 4) is 0 Å². The molecule has 1 atom stereocenters. The van der Waals surface area contributed by atoms with Crippen molar-refractivity contribution in [3.63, 3.8) is 0 Å².